The highest BCUT2D eigenvalue weighted by Gasteiger charge is 2.10. The maximum atomic E-state index is 3.80. The lowest BCUT2D eigenvalue weighted by Gasteiger charge is -2.17. The van der Waals surface area contributed by atoms with Gasteiger partial charge in [-0.15, -0.1) is 6.58 Å². The molecule has 1 unspecified atom stereocenters. The average molecular weight is 301 g/mol. The van der Waals surface area contributed by atoms with Crippen LogP contribution in [0.4, 0.5) is 0 Å². The van der Waals surface area contributed by atoms with Crippen molar-refractivity contribution in [2.45, 2.75) is 19.4 Å². The van der Waals surface area contributed by atoms with Gasteiger partial charge in [-0.25, -0.2) is 0 Å². The number of rotatable bonds is 5. The van der Waals surface area contributed by atoms with Gasteiger partial charge < -0.3 is 5.32 Å². The van der Waals surface area contributed by atoms with E-state index in [2.05, 4.69) is 65.7 Å². The molecule has 0 aliphatic rings. The van der Waals surface area contributed by atoms with Gasteiger partial charge in [0.15, 0.2) is 0 Å². The Morgan fingerprint density at radius 3 is 2.79 bits per heavy atom. The van der Waals surface area contributed by atoms with Crippen LogP contribution >= 0.6 is 22.6 Å². The zero-order valence-corrected chi connectivity index (χ0v) is 10.6. The van der Waals surface area contributed by atoms with Gasteiger partial charge in [-0.05, 0) is 47.2 Å². The van der Waals surface area contributed by atoms with E-state index in [0.717, 1.165) is 13.0 Å². The summed E-state index contributed by atoms with van der Waals surface area (Å²) in [5.74, 6) is 0. The lowest BCUT2D eigenvalue weighted by Crippen LogP contribution is -2.21. The van der Waals surface area contributed by atoms with Crippen LogP contribution in [-0.2, 0) is 0 Å². The summed E-state index contributed by atoms with van der Waals surface area (Å²) in [6.45, 7) is 6.92. The zero-order chi connectivity index (χ0) is 10.4. The van der Waals surface area contributed by atoms with Crippen LogP contribution in [0, 0.1) is 3.57 Å². The van der Waals surface area contributed by atoms with Gasteiger partial charge in [-0.2, -0.15) is 0 Å². The Labute approximate surface area is 99.7 Å². The van der Waals surface area contributed by atoms with E-state index in [-0.39, 0.29) is 0 Å². The maximum absolute atomic E-state index is 3.80. The van der Waals surface area contributed by atoms with Gasteiger partial charge in [0.05, 0.1) is 0 Å². The molecule has 0 aromatic heterocycles. The van der Waals surface area contributed by atoms with Crippen molar-refractivity contribution < 1.29 is 0 Å². The van der Waals surface area contributed by atoms with Gasteiger partial charge in [0.1, 0.15) is 0 Å². The predicted molar refractivity (Wildman–Crippen MR) is 70.4 cm³/mol. The van der Waals surface area contributed by atoms with Crippen LogP contribution in [0.5, 0.6) is 0 Å². The maximum Gasteiger partial charge on any atom is 0.0365 e. The highest BCUT2D eigenvalue weighted by molar-refractivity contribution is 14.1. The minimum Gasteiger partial charge on any atom is -0.310 e. The van der Waals surface area contributed by atoms with Crippen LogP contribution in [-0.4, -0.2) is 6.54 Å². The van der Waals surface area contributed by atoms with Gasteiger partial charge in [-0.1, -0.05) is 31.2 Å². The fourth-order valence-electron chi connectivity index (χ4n) is 1.49. The molecule has 0 radical (unpaired) electrons. The highest BCUT2D eigenvalue weighted by atomic mass is 127. The molecule has 0 saturated heterocycles. The molecule has 1 nitrogen and oxygen atoms in total. The van der Waals surface area contributed by atoms with Crippen molar-refractivity contribution in [1.82, 2.24) is 5.32 Å². The van der Waals surface area contributed by atoms with Crippen LogP contribution in [0.1, 0.15) is 24.9 Å². The molecule has 0 spiro atoms. The lowest BCUT2D eigenvalue weighted by molar-refractivity contribution is 0.557. The monoisotopic (exact) mass is 301 g/mol. The molecule has 0 saturated carbocycles. The second-order valence-electron chi connectivity index (χ2n) is 3.16. The van der Waals surface area contributed by atoms with Gasteiger partial charge >= 0.3 is 0 Å². The van der Waals surface area contributed by atoms with Crippen molar-refractivity contribution >= 4 is 22.6 Å². The molecule has 0 heterocycles. The minimum absolute atomic E-state index is 0.408. The number of hydrogen-bond donors (Lipinski definition) is 1. The Morgan fingerprint density at radius 2 is 2.21 bits per heavy atom. The van der Waals surface area contributed by atoms with Gasteiger partial charge in [0.25, 0.3) is 0 Å². The van der Waals surface area contributed by atoms with Crippen molar-refractivity contribution in [1.29, 1.82) is 0 Å². The summed E-state index contributed by atoms with van der Waals surface area (Å²) in [4.78, 5) is 0. The molecule has 1 atom stereocenters. The molecule has 0 bridgehead atoms. The van der Waals surface area contributed by atoms with Crippen molar-refractivity contribution in [2.75, 3.05) is 6.54 Å². The van der Waals surface area contributed by atoms with E-state index in [0.29, 0.717) is 6.04 Å². The first-order chi connectivity index (χ1) is 6.79. The van der Waals surface area contributed by atoms with Crippen LogP contribution < -0.4 is 5.32 Å². The third kappa shape index (κ3) is 3.10. The third-order valence-electron chi connectivity index (χ3n) is 2.13. The molecule has 14 heavy (non-hydrogen) atoms. The number of benzene rings is 1. The number of halogens is 1. The molecule has 0 amide bonds. The Morgan fingerprint density at radius 1 is 1.50 bits per heavy atom. The zero-order valence-electron chi connectivity index (χ0n) is 8.46. The summed E-state index contributed by atoms with van der Waals surface area (Å²) in [5, 5.41) is 3.46. The summed E-state index contributed by atoms with van der Waals surface area (Å²) >= 11 is 2.38. The molecule has 1 aromatic carbocycles. The SMILES string of the molecule is C=CCC(NCC)c1ccccc1I. The van der Waals surface area contributed by atoms with E-state index in [1.54, 1.807) is 0 Å². The largest absolute Gasteiger partial charge is 0.310 e. The second kappa shape index (κ2) is 6.19. The van der Waals surface area contributed by atoms with Gasteiger partial charge in [0.2, 0.25) is 0 Å². The Bertz CT molecular complexity index is 296. The number of nitrogens with one attached hydrogen (secondary N) is 1. The second-order valence-corrected chi connectivity index (χ2v) is 4.32. The van der Waals surface area contributed by atoms with E-state index >= 15 is 0 Å². The Hall–Kier alpha value is -0.350. The van der Waals surface area contributed by atoms with Crippen LogP contribution in [0.2, 0.25) is 0 Å². The predicted octanol–water partition coefficient (Wildman–Crippen LogP) is 3.52. The Kier molecular flexibility index (Phi) is 5.19. The minimum atomic E-state index is 0.408. The summed E-state index contributed by atoms with van der Waals surface area (Å²) in [5.41, 5.74) is 1.37. The molecule has 1 aromatic rings. The Balaban J connectivity index is 2.86. The third-order valence-corrected chi connectivity index (χ3v) is 3.12. The van der Waals surface area contributed by atoms with E-state index in [4.69, 9.17) is 0 Å². The molecule has 0 fully saturated rings. The summed E-state index contributed by atoms with van der Waals surface area (Å²) in [6.07, 6.45) is 2.95. The van der Waals surface area contributed by atoms with Crippen molar-refractivity contribution in [3.63, 3.8) is 0 Å². The first-order valence-corrected chi connectivity index (χ1v) is 5.96. The smallest absolute Gasteiger partial charge is 0.0365 e. The average Bonchev–Trinajstić information content (AvgIpc) is 2.18. The van der Waals surface area contributed by atoms with Crippen LogP contribution in [0.15, 0.2) is 36.9 Å². The van der Waals surface area contributed by atoms with Crippen molar-refractivity contribution in [3.05, 3.63) is 46.1 Å². The first kappa shape index (κ1) is 11.7. The quantitative estimate of drug-likeness (QED) is 0.648. The van der Waals surface area contributed by atoms with Crippen LogP contribution in [0.25, 0.3) is 0 Å². The molecule has 76 valence electrons. The first-order valence-electron chi connectivity index (χ1n) is 4.88. The van der Waals surface area contributed by atoms with E-state index in [1.807, 2.05) is 6.08 Å². The summed E-state index contributed by atoms with van der Waals surface area (Å²) in [6, 6.07) is 8.89. The molecule has 0 aliphatic carbocycles. The molecular weight excluding hydrogens is 285 g/mol. The normalized spacial score (nSPS) is 12.4. The van der Waals surface area contributed by atoms with Crippen molar-refractivity contribution in [3.8, 4) is 0 Å². The van der Waals surface area contributed by atoms with Gasteiger partial charge in [-0.3, -0.25) is 0 Å². The van der Waals surface area contributed by atoms with Crippen molar-refractivity contribution in [2.24, 2.45) is 0 Å². The topological polar surface area (TPSA) is 12.0 Å². The molecule has 1 rings (SSSR count). The standard InChI is InChI=1S/C12H16IN/c1-3-7-12(14-4-2)10-8-5-6-9-11(10)13/h3,5-6,8-9,12,14H,1,4,7H2,2H3. The van der Waals surface area contributed by atoms with E-state index in [1.165, 1.54) is 9.13 Å². The fraction of sp³-hybridized carbons (Fsp3) is 0.333. The number of hydrogen-bond acceptors (Lipinski definition) is 1. The fourth-order valence-corrected chi connectivity index (χ4v) is 2.25. The van der Waals surface area contributed by atoms with Gasteiger partial charge in [0, 0.05) is 9.61 Å². The summed E-state index contributed by atoms with van der Waals surface area (Å²) in [7, 11) is 0. The van der Waals surface area contributed by atoms with Crippen LogP contribution in [0.3, 0.4) is 0 Å². The lowest BCUT2D eigenvalue weighted by atomic mass is 10.0. The summed E-state index contributed by atoms with van der Waals surface area (Å²) < 4.78 is 1.32. The van der Waals surface area contributed by atoms with E-state index in [9.17, 15) is 0 Å². The molecule has 2 heteroatoms. The molecule has 0 aliphatic heterocycles. The molecule has 1 N–H and O–H groups in total. The van der Waals surface area contributed by atoms with E-state index < -0.39 is 0 Å². The molecular formula is C12H16IN. The highest BCUT2D eigenvalue weighted by Crippen LogP contribution is 2.22.